The van der Waals surface area contributed by atoms with Crippen LogP contribution in [0.5, 0.6) is 0 Å². The number of nitrogens with one attached hydrogen (secondary N) is 1. The van der Waals surface area contributed by atoms with Crippen molar-refractivity contribution < 1.29 is 9.59 Å². The molecule has 3 nitrogen and oxygen atoms in total. The molecule has 3 heteroatoms. The molecule has 2 rings (SSSR count). The van der Waals surface area contributed by atoms with E-state index < -0.39 is 0 Å². The summed E-state index contributed by atoms with van der Waals surface area (Å²) in [6, 6.07) is 12.0. The summed E-state index contributed by atoms with van der Waals surface area (Å²) in [6.07, 6.45) is 1.28. The van der Waals surface area contributed by atoms with Crippen molar-refractivity contribution in [1.29, 1.82) is 0 Å². The molecule has 0 saturated carbocycles. The number of amides is 2. The Labute approximate surface area is 82.4 Å². The molecule has 0 aromatic heterocycles. The predicted octanol–water partition coefficient (Wildman–Crippen LogP) is 1.28. The minimum absolute atomic E-state index is 0.282. The lowest BCUT2D eigenvalue weighted by molar-refractivity contribution is -0.123. The third-order valence-electron chi connectivity index (χ3n) is 1.61. The van der Waals surface area contributed by atoms with E-state index in [0.717, 1.165) is 0 Å². The minimum atomic E-state index is -0.312. The van der Waals surface area contributed by atoms with Gasteiger partial charge in [-0.1, -0.05) is 36.4 Å². The second-order valence-corrected chi connectivity index (χ2v) is 2.80. The van der Waals surface area contributed by atoms with Gasteiger partial charge in [0.05, 0.1) is 0 Å². The van der Waals surface area contributed by atoms with E-state index in [2.05, 4.69) is 5.32 Å². The first-order valence-electron chi connectivity index (χ1n) is 4.24. The number of carbonyl (C=O) groups is 2. The van der Waals surface area contributed by atoms with E-state index in [9.17, 15) is 9.59 Å². The number of benzene rings is 1. The highest BCUT2D eigenvalue weighted by Crippen LogP contribution is 1.97. The Hall–Kier alpha value is -1.90. The first-order chi connectivity index (χ1) is 6.70. The second-order valence-electron chi connectivity index (χ2n) is 2.80. The molecule has 0 bridgehead atoms. The van der Waals surface area contributed by atoms with Crippen molar-refractivity contribution in [2.24, 2.45) is 0 Å². The monoisotopic (exact) mass is 189 g/mol. The first kappa shape index (κ1) is 10.2. The number of carbonyl (C=O) groups excluding carboxylic acids is 2. The maximum Gasteiger partial charge on any atom is 0.253 e. The third kappa shape index (κ3) is 3.23. The number of rotatable bonds is 0. The average molecular weight is 189 g/mol. The summed E-state index contributed by atoms with van der Waals surface area (Å²) in [6.45, 7) is 1.60. The number of hydrogen-bond donors (Lipinski definition) is 1. The maximum atomic E-state index is 10.4. The van der Waals surface area contributed by atoms with Crippen molar-refractivity contribution in [1.82, 2.24) is 5.32 Å². The average Bonchev–Trinajstić information content (AvgIpc) is 2.48. The zero-order chi connectivity index (χ0) is 10.4. The summed E-state index contributed by atoms with van der Waals surface area (Å²) >= 11 is 0. The van der Waals surface area contributed by atoms with Gasteiger partial charge in [0, 0.05) is 11.6 Å². The van der Waals surface area contributed by atoms with Crippen LogP contribution in [0.4, 0.5) is 0 Å². The normalized spacial score (nSPS) is 13.9. The molecular weight excluding hydrogens is 178 g/mol. The molecule has 0 radical (unpaired) electrons. The molecule has 14 heavy (non-hydrogen) atoms. The fourth-order valence-electron chi connectivity index (χ4n) is 0.894. The van der Waals surface area contributed by atoms with Crippen LogP contribution in [0.1, 0.15) is 6.92 Å². The summed E-state index contributed by atoms with van der Waals surface area (Å²) in [5.74, 6) is -0.595. The lowest BCUT2D eigenvalue weighted by atomic mass is 10.3. The van der Waals surface area contributed by atoms with Crippen molar-refractivity contribution in [2.75, 3.05) is 0 Å². The lowest BCUT2D eigenvalue weighted by Gasteiger charge is -1.84. The van der Waals surface area contributed by atoms with Gasteiger partial charge in [-0.15, -0.1) is 0 Å². The Morgan fingerprint density at radius 3 is 1.50 bits per heavy atom. The van der Waals surface area contributed by atoms with E-state index >= 15 is 0 Å². The molecule has 0 aliphatic carbocycles. The summed E-state index contributed by atoms with van der Waals surface area (Å²) in [4.78, 5) is 20.6. The van der Waals surface area contributed by atoms with Crippen LogP contribution in [0.25, 0.3) is 0 Å². The van der Waals surface area contributed by atoms with Crippen LogP contribution >= 0.6 is 0 Å². The highest BCUT2D eigenvalue weighted by atomic mass is 16.2. The van der Waals surface area contributed by atoms with Gasteiger partial charge >= 0.3 is 0 Å². The van der Waals surface area contributed by atoms with Gasteiger partial charge in [-0.05, 0) is 6.92 Å². The standard InChI is InChI=1S/C6H6.C5H5NO2/c1-2-4-6-5-3-1;1-3-2-4(7)6-5(3)8/h1-6H;2H,1H3,(H,6,7,8). The molecule has 1 N–H and O–H groups in total. The Morgan fingerprint density at radius 2 is 1.36 bits per heavy atom. The molecule has 1 aliphatic rings. The van der Waals surface area contributed by atoms with Crippen molar-refractivity contribution in [3.8, 4) is 0 Å². The van der Waals surface area contributed by atoms with Gasteiger partial charge in [-0.3, -0.25) is 14.9 Å². The zero-order valence-corrected chi connectivity index (χ0v) is 7.86. The molecule has 0 saturated heterocycles. The van der Waals surface area contributed by atoms with E-state index in [1.165, 1.54) is 6.08 Å². The molecule has 0 unspecified atom stereocenters. The van der Waals surface area contributed by atoms with E-state index in [-0.39, 0.29) is 11.8 Å². The number of imide groups is 1. The van der Waals surface area contributed by atoms with Crippen LogP contribution in [-0.2, 0) is 9.59 Å². The quantitative estimate of drug-likeness (QED) is 0.625. The Kier molecular flexibility index (Phi) is 3.61. The molecular formula is C11H11NO2. The van der Waals surface area contributed by atoms with Gasteiger partial charge in [-0.2, -0.15) is 0 Å². The van der Waals surface area contributed by atoms with Crippen LogP contribution in [0.2, 0.25) is 0 Å². The molecule has 0 fully saturated rings. The van der Waals surface area contributed by atoms with E-state index in [1.54, 1.807) is 6.92 Å². The van der Waals surface area contributed by atoms with E-state index in [4.69, 9.17) is 0 Å². The van der Waals surface area contributed by atoms with Gasteiger partial charge in [0.2, 0.25) is 0 Å². The van der Waals surface area contributed by atoms with Crippen LogP contribution in [-0.4, -0.2) is 11.8 Å². The second kappa shape index (κ2) is 4.97. The zero-order valence-electron chi connectivity index (χ0n) is 7.86. The molecule has 1 aliphatic heterocycles. The predicted molar refractivity (Wildman–Crippen MR) is 53.3 cm³/mol. The van der Waals surface area contributed by atoms with Gasteiger partial charge in [0.15, 0.2) is 0 Å². The fourth-order valence-corrected chi connectivity index (χ4v) is 0.894. The highest BCUT2D eigenvalue weighted by Gasteiger charge is 2.15. The van der Waals surface area contributed by atoms with Gasteiger partial charge in [-0.25, -0.2) is 0 Å². The molecule has 1 heterocycles. The summed E-state index contributed by atoms with van der Waals surface area (Å²) in [7, 11) is 0. The third-order valence-corrected chi connectivity index (χ3v) is 1.61. The van der Waals surface area contributed by atoms with Crippen LogP contribution in [0.15, 0.2) is 48.0 Å². The first-order valence-corrected chi connectivity index (χ1v) is 4.24. The van der Waals surface area contributed by atoms with Crippen molar-refractivity contribution in [2.45, 2.75) is 6.92 Å². The van der Waals surface area contributed by atoms with Gasteiger partial charge in [0.1, 0.15) is 0 Å². The van der Waals surface area contributed by atoms with Crippen LogP contribution in [0.3, 0.4) is 0 Å². The highest BCUT2D eigenvalue weighted by molar-refractivity contribution is 6.15. The Bertz CT molecular complexity index is 328. The van der Waals surface area contributed by atoms with Crippen LogP contribution in [0, 0.1) is 0 Å². The van der Waals surface area contributed by atoms with Gasteiger partial charge < -0.3 is 0 Å². The SMILES string of the molecule is CC1=CC(=O)NC1=O.c1ccccc1. The van der Waals surface area contributed by atoms with E-state index in [1.807, 2.05) is 36.4 Å². The number of hydrogen-bond acceptors (Lipinski definition) is 2. The summed E-state index contributed by atoms with van der Waals surface area (Å²) < 4.78 is 0. The molecule has 1 aromatic rings. The van der Waals surface area contributed by atoms with Crippen LogP contribution < -0.4 is 5.32 Å². The fraction of sp³-hybridized carbons (Fsp3) is 0.0909. The Morgan fingerprint density at radius 1 is 0.929 bits per heavy atom. The summed E-state index contributed by atoms with van der Waals surface area (Å²) in [5.41, 5.74) is 0.481. The molecule has 1 aromatic carbocycles. The lowest BCUT2D eigenvalue weighted by Crippen LogP contribution is -2.21. The summed E-state index contributed by atoms with van der Waals surface area (Å²) in [5, 5.41) is 2.10. The van der Waals surface area contributed by atoms with Gasteiger partial charge in [0.25, 0.3) is 11.8 Å². The smallest absolute Gasteiger partial charge is 0.253 e. The molecule has 0 atom stereocenters. The van der Waals surface area contributed by atoms with Crippen molar-refractivity contribution in [3.63, 3.8) is 0 Å². The maximum absolute atomic E-state index is 10.4. The topological polar surface area (TPSA) is 46.2 Å². The molecule has 0 spiro atoms. The minimum Gasteiger partial charge on any atom is -0.289 e. The molecule has 2 amide bonds. The molecule has 72 valence electrons. The van der Waals surface area contributed by atoms with Crippen molar-refractivity contribution >= 4 is 11.8 Å². The Balaban J connectivity index is 0.000000146. The van der Waals surface area contributed by atoms with E-state index in [0.29, 0.717) is 5.57 Å². The van der Waals surface area contributed by atoms with Crippen molar-refractivity contribution in [3.05, 3.63) is 48.0 Å². The largest absolute Gasteiger partial charge is 0.289 e.